The van der Waals surface area contributed by atoms with Crippen molar-refractivity contribution in [1.82, 2.24) is 9.29 Å². The summed E-state index contributed by atoms with van der Waals surface area (Å²) in [5.74, 6) is 0. The van der Waals surface area contributed by atoms with Crippen LogP contribution in [0.4, 0.5) is 0 Å². The van der Waals surface area contributed by atoms with Gasteiger partial charge in [-0.05, 0) is 37.9 Å². The molecule has 1 aliphatic heterocycles. The van der Waals surface area contributed by atoms with E-state index in [1.165, 1.54) is 0 Å². The predicted octanol–water partition coefficient (Wildman–Crippen LogP) is 1.75. The first-order valence-corrected chi connectivity index (χ1v) is 9.72. The molecule has 1 saturated heterocycles. The first-order chi connectivity index (χ1) is 11.6. The van der Waals surface area contributed by atoms with Crippen LogP contribution in [0.25, 0.3) is 10.9 Å². The Morgan fingerprint density at radius 3 is 2.71 bits per heavy atom. The number of benzene rings is 1. The molecule has 2 N–H and O–H groups in total. The van der Waals surface area contributed by atoms with Crippen molar-refractivity contribution in [2.45, 2.75) is 30.3 Å². The predicted molar refractivity (Wildman–Crippen MR) is 93.1 cm³/mol. The molecular formula is C17H23N3O3S. The molecule has 2 aromatic rings. The highest BCUT2D eigenvalue weighted by atomic mass is 32.2. The fourth-order valence-corrected chi connectivity index (χ4v) is 4.63. The van der Waals surface area contributed by atoms with Crippen molar-refractivity contribution in [1.29, 1.82) is 0 Å². The van der Waals surface area contributed by atoms with E-state index in [-0.39, 0.29) is 11.0 Å². The minimum absolute atomic E-state index is 0.119. The molecule has 0 radical (unpaired) electrons. The molecule has 0 bridgehead atoms. The number of nitrogens with two attached hydrogens (primary N) is 1. The second kappa shape index (κ2) is 7.57. The summed E-state index contributed by atoms with van der Waals surface area (Å²) < 4.78 is 33.3. The zero-order valence-electron chi connectivity index (χ0n) is 13.6. The van der Waals surface area contributed by atoms with Crippen LogP contribution in [0.1, 0.15) is 19.3 Å². The largest absolute Gasteiger partial charge is 0.378 e. The molecule has 1 aliphatic rings. The maximum atomic E-state index is 13.0. The van der Waals surface area contributed by atoms with E-state index < -0.39 is 10.0 Å². The van der Waals surface area contributed by atoms with Gasteiger partial charge in [0.15, 0.2) is 0 Å². The van der Waals surface area contributed by atoms with Gasteiger partial charge in [-0.3, -0.25) is 4.98 Å². The van der Waals surface area contributed by atoms with Gasteiger partial charge in [0.25, 0.3) is 0 Å². The number of aromatic nitrogens is 1. The zero-order chi connectivity index (χ0) is 17.0. The van der Waals surface area contributed by atoms with Gasteiger partial charge in [0, 0.05) is 31.3 Å². The molecule has 1 aromatic carbocycles. The summed E-state index contributed by atoms with van der Waals surface area (Å²) in [6.45, 7) is 2.19. The molecule has 1 aromatic heterocycles. The third-order valence-corrected chi connectivity index (χ3v) is 6.25. The lowest BCUT2D eigenvalue weighted by molar-refractivity contribution is 0.0209. The Bertz CT molecular complexity index is 781. The molecule has 0 unspecified atom stereocenters. The number of nitrogens with zero attached hydrogens (tertiary/aromatic N) is 2. The van der Waals surface area contributed by atoms with E-state index in [1.54, 1.807) is 22.6 Å². The monoisotopic (exact) mass is 349 g/mol. The lowest BCUT2D eigenvalue weighted by Crippen LogP contribution is -2.41. The van der Waals surface area contributed by atoms with Gasteiger partial charge in [-0.15, -0.1) is 0 Å². The number of rotatable bonds is 6. The Kier molecular flexibility index (Phi) is 5.45. The Balaban J connectivity index is 1.75. The average Bonchev–Trinajstić information content (AvgIpc) is 2.62. The highest BCUT2D eigenvalue weighted by Gasteiger charge is 2.31. The highest BCUT2D eigenvalue weighted by Crippen LogP contribution is 2.26. The molecule has 3 rings (SSSR count). The van der Waals surface area contributed by atoms with Gasteiger partial charge in [0.1, 0.15) is 4.90 Å². The number of piperidine rings is 1. The fourth-order valence-electron chi connectivity index (χ4n) is 3.00. The number of sulfonamides is 1. The van der Waals surface area contributed by atoms with E-state index in [2.05, 4.69) is 4.98 Å². The Morgan fingerprint density at radius 1 is 1.21 bits per heavy atom. The fraction of sp³-hybridized carbons (Fsp3) is 0.471. The van der Waals surface area contributed by atoms with Crippen molar-refractivity contribution in [2.24, 2.45) is 5.73 Å². The van der Waals surface area contributed by atoms with Crippen molar-refractivity contribution in [3.63, 3.8) is 0 Å². The first-order valence-electron chi connectivity index (χ1n) is 8.28. The summed E-state index contributed by atoms with van der Waals surface area (Å²) in [6.07, 6.45) is 4.00. The lowest BCUT2D eigenvalue weighted by Gasteiger charge is -2.31. The van der Waals surface area contributed by atoms with Crippen LogP contribution >= 0.6 is 0 Å². The Labute approximate surface area is 142 Å². The van der Waals surface area contributed by atoms with Crippen molar-refractivity contribution < 1.29 is 13.2 Å². The van der Waals surface area contributed by atoms with E-state index >= 15 is 0 Å². The molecule has 6 nitrogen and oxygen atoms in total. The summed E-state index contributed by atoms with van der Waals surface area (Å²) in [4.78, 5) is 4.55. The summed E-state index contributed by atoms with van der Waals surface area (Å²) in [7, 11) is -3.54. The molecule has 1 fully saturated rings. The SMILES string of the molecule is NCCCOC1CCN(S(=O)(=O)c2cccc3cccnc23)CC1. The van der Waals surface area contributed by atoms with Gasteiger partial charge >= 0.3 is 0 Å². The van der Waals surface area contributed by atoms with Gasteiger partial charge in [-0.25, -0.2) is 8.42 Å². The molecule has 0 aliphatic carbocycles. The van der Waals surface area contributed by atoms with Crippen LogP contribution < -0.4 is 5.73 Å². The van der Waals surface area contributed by atoms with Crippen LogP contribution in [0.5, 0.6) is 0 Å². The molecule has 0 spiro atoms. The van der Waals surface area contributed by atoms with Crippen LogP contribution in [0, 0.1) is 0 Å². The number of hydrogen-bond acceptors (Lipinski definition) is 5. The second-order valence-corrected chi connectivity index (χ2v) is 7.85. The van der Waals surface area contributed by atoms with Crippen LogP contribution in [-0.4, -0.2) is 50.1 Å². The number of hydrogen-bond donors (Lipinski definition) is 1. The standard InChI is InChI=1S/C17H23N3O3S/c18-9-3-13-23-15-7-11-20(12-8-15)24(21,22)16-6-1-4-14-5-2-10-19-17(14)16/h1-2,4-6,10,15H,3,7-9,11-13,18H2. The molecule has 130 valence electrons. The molecule has 2 heterocycles. The minimum Gasteiger partial charge on any atom is -0.378 e. The molecule has 24 heavy (non-hydrogen) atoms. The third-order valence-electron chi connectivity index (χ3n) is 4.32. The van der Waals surface area contributed by atoms with Crippen molar-refractivity contribution in [3.05, 3.63) is 36.5 Å². The molecular weight excluding hydrogens is 326 g/mol. The van der Waals surface area contributed by atoms with Crippen LogP contribution in [0.2, 0.25) is 0 Å². The summed E-state index contributed by atoms with van der Waals surface area (Å²) in [5.41, 5.74) is 5.99. The van der Waals surface area contributed by atoms with Crippen molar-refractivity contribution in [2.75, 3.05) is 26.2 Å². The summed E-state index contributed by atoms with van der Waals surface area (Å²) in [5, 5.41) is 0.832. The minimum atomic E-state index is -3.54. The number of fused-ring (bicyclic) bond motifs is 1. The van der Waals surface area contributed by atoms with Crippen molar-refractivity contribution in [3.8, 4) is 0 Å². The Morgan fingerprint density at radius 2 is 1.96 bits per heavy atom. The van der Waals surface area contributed by atoms with Crippen LogP contribution in [0.3, 0.4) is 0 Å². The maximum Gasteiger partial charge on any atom is 0.245 e. The number of para-hydroxylation sites is 1. The van der Waals surface area contributed by atoms with E-state index in [1.807, 2.05) is 18.2 Å². The van der Waals surface area contributed by atoms with Gasteiger partial charge in [0.2, 0.25) is 10.0 Å². The van der Waals surface area contributed by atoms with Gasteiger partial charge in [-0.1, -0.05) is 18.2 Å². The lowest BCUT2D eigenvalue weighted by atomic mass is 10.1. The number of ether oxygens (including phenoxy) is 1. The zero-order valence-corrected chi connectivity index (χ0v) is 14.4. The van der Waals surface area contributed by atoms with Gasteiger partial charge in [0.05, 0.1) is 11.6 Å². The summed E-state index contributed by atoms with van der Waals surface area (Å²) >= 11 is 0. The number of pyridine rings is 1. The van der Waals surface area contributed by atoms with E-state index in [0.29, 0.717) is 44.6 Å². The van der Waals surface area contributed by atoms with Gasteiger partial charge < -0.3 is 10.5 Å². The average molecular weight is 349 g/mol. The maximum absolute atomic E-state index is 13.0. The summed E-state index contributed by atoms with van der Waals surface area (Å²) in [6, 6.07) is 8.95. The molecule has 7 heteroatoms. The van der Waals surface area contributed by atoms with E-state index in [4.69, 9.17) is 10.5 Å². The molecule has 0 atom stereocenters. The van der Waals surface area contributed by atoms with Gasteiger partial charge in [-0.2, -0.15) is 4.31 Å². The molecule has 0 saturated carbocycles. The second-order valence-electron chi connectivity index (χ2n) is 5.95. The Hall–Kier alpha value is -1.54. The first kappa shape index (κ1) is 17.3. The quantitative estimate of drug-likeness (QED) is 0.803. The smallest absolute Gasteiger partial charge is 0.245 e. The molecule has 0 amide bonds. The highest BCUT2D eigenvalue weighted by molar-refractivity contribution is 7.89. The van der Waals surface area contributed by atoms with Crippen LogP contribution in [0.15, 0.2) is 41.4 Å². The van der Waals surface area contributed by atoms with E-state index in [9.17, 15) is 8.42 Å². The van der Waals surface area contributed by atoms with Crippen molar-refractivity contribution >= 4 is 20.9 Å². The normalized spacial score (nSPS) is 17.4. The van der Waals surface area contributed by atoms with E-state index in [0.717, 1.165) is 11.8 Å². The van der Waals surface area contributed by atoms with Crippen LogP contribution in [-0.2, 0) is 14.8 Å². The topological polar surface area (TPSA) is 85.5 Å². The third kappa shape index (κ3) is 3.59.